The SMILES string of the molecule is Cc1nn(CC(=O)N2[C@H](C)CCC[C@H]2C)c(C)c1S(=O)(=O)N1CCCCC1. The number of likely N-dealkylation sites (tertiary alicyclic amines) is 1. The van der Waals surface area contributed by atoms with E-state index in [0.717, 1.165) is 38.5 Å². The Kier molecular flexibility index (Phi) is 5.96. The van der Waals surface area contributed by atoms with Gasteiger partial charge in [0, 0.05) is 25.2 Å². The molecule has 0 unspecified atom stereocenters. The number of rotatable bonds is 4. The van der Waals surface area contributed by atoms with E-state index in [9.17, 15) is 13.2 Å². The molecule has 152 valence electrons. The smallest absolute Gasteiger partial charge is 0.246 e. The molecule has 8 heteroatoms. The molecule has 3 heterocycles. The number of aromatic nitrogens is 2. The van der Waals surface area contributed by atoms with Crippen LogP contribution in [0.2, 0.25) is 0 Å². The van der Waals surface area contributed by atoms with Crippen molar-refractivity contribution in [1.82, 2.24) is 19.0 Å². The van der Waals surface area contributed by atoms with Crippen LogP contribution in [0.5, 0.6) is 0 Å². The molecule has 0 aliphatic carbocycles. The van der Waals surface area contributed by atoms with E-state index in [0.29, 0.717) is 24.5 Å². The molecule has 7 nitrogen and oxygen atoms in total. The Morgan fingerprint density at radius 3 is 2.22 bits per heavy atom. The highest BCUT2D eigenvalue weighted by atomic mass is 32.2. The summed E-state index contributed by atoms with van der Waals surface area (Å²) in [4.78, 5) is 15.1. The molecule has 0 aromatic carbocycles. The van der Waals surface area contributed by atoms with Crippen molar-refractivity contribution in [3.63, 3.8) is 0 Å². The average molecular weight is 397 g/mol. The lowest BCUT2D eigenvalue weighted by Gasteiger charge is -2.39. The fourth-order valence-electron chi connectivity index (χ4n) is 4.56. The van der Waals surface area contributed by atoms with Crippen LogP contribution in [0.4, 0.5) is 0 Å². The monoisotopic (exact) mass is 396 g/mol. The highest BCUT2D eigenvalue weighted by Gasteiger charge is 2.33. The Morgan fingerprint density at radius 1 is 1.04 bits per heavy atom. The third-order valence-electron chi connectivity index (χ3n) is 5.99. The van der Waals surface area contributed by atoms with Crippen LogP contribution in [0, 0.1) is 13.8 Å². The van der Waals surface area contributed by atoms with Crippen molar-refractivity contribution in [1.29, 1.82) is 0 Å². The van der Waals surface area contributed by atoms with E-state index >= 15 is 0 Å². The summed E-state index contributed by atoms with van der Waals surface area (Å²) in [5, 5.41) is 4.42. The summed E-state index contributed by atoms with van der Waals surface area (Å²) in [5.41, 5.74) is 1.04. The van der Waals surface area contributed by atoms with Crippen LogP contribution in [0.1, 0.15) is 63.8 Å². The maximum Gasteiger partial charge on any atom is 0.246 e. The van der Waals surface area contributed by atoms with Crippen LogP contribution in [0.3, 0.4) is 0 Å². The van der Waals surface area contributed by atoms with E-state index in [2.05, 4.69) is 18.9 Å². The Hall–Kier alpha value is -1.41. The molecule has 2 aliphatic heterocycles. The Balaban J connectivity index is 1.84. The van der Waals surface area contributed by atoms with Crippen molar-refractivity contribution in [3.05, 3.63) is 11.4 Å². The van der Waals surface area contributed by atoms with Crippen LogP contribution in [0.15, 0.2) is 4.90 Å². The fraction of sp³-hybridized carbons (Fsp3) is 0.789. The van der Waals surface area contributed by atoms with Gasteiger partial charge in [-0.15, -0.1) is 0 Å². The van der Waals surface area contributed by atoms with Crippen LogP contribution in [-0.2, 0) is 21.4 Å². The second-order valence-electron chi connectivity index (χ2n) is 8.05. The minimum absolute atomic E-state index is 0.0159. The van der Waals surface area contributed by atoms with Gasteiger partial charge in [0.25, 0.3) is 0 Å². The second kappa shape index (κ2) is 7.91. The lowest BCUT2D eigenvalue weighted by Crippen LogP contribution is -2.48. The van der Waals surface area contributed by atoms with Crippen molar-refractivity contribution in [2.24, 2.45) is 0 Å². The summed E-state index contributed by atoms with van der Waals surface area (Å²) in [6, 6.07) is 0.435. The molecule has 2 saturated heterocycles. The lowest BCUT2D eigenvalue weighted by atomic mass is 9.97. The van der Waals surface area contributed by atoms with E-state index in [1.54, 1.807) is 22.8 Å². The first-order valence-corrected chi connectivity index (χ1v) is 11.5. The summed E-state index contributed by atoms with van der Waals surface area (Å²) in [6.45, 7) is 8.87. The molecular weight excluding hydrogens is 364 g/mol. The van der Waals surface area contributed by atoms with Crippen LogP contribution < -0.4 is 0 Å². The number of carbonyl (C=O) groups is 1. The van der Waals surface area contributed by atoms with Gasteiger partial charge in [0.2, 0.25) is 15.9 Å². The first-order valence-electron chi connectivity index (χ1n) is 10.1. The Bertz CT molecular complexity index is 786. The van der Waals surface area contributed by atoms with E-state index in [-0.39, 0.29) is 29.4 Å². The van der Waals surface area contributed by atoms with Crippen molar-refractivity contribution in [3.8, 4) is 0 Å². The summed E-state index contributed by atoms with van der Waals surface area (Å²) >= 11 is 0. The largest absolute Gasteiger partial charge is 0.336 e. The minimum atomic E-state index is -3.56. The zero-order valence-electron chi connectivity index (χ0n) is 16.9. The minimum Gasteiger partial charge on any atom is -0.336 e. The van der Waals surface area contributed by atoms with Gasteiger partial charge in [-0.1, -0.05) is 6.42 Å². The molecule has 27 heavy (non-hydrogen) atoms. The van der Waals surface area contributed by atoms with Crippen molar-refractivity contribution >= 4 is 15.9 Å². The fourth-order valence-corrected chi connectivity index (χ4v) is 6.45. The first kappa shape index (κ1) is 20.3. The number of amides is 1. The molecule has 1 amide bonds. The number of sulfonamides is 1. The maximum atomic E-state index is 13.1. The number of nitrogens with zero attached hydrogens (tertiary/aromatic N) is 4. The summed E-state index contributed by atoms with van der Waals surface area (Å²) < 4.78 is 29.4. The molecule has 2 aliphatic rings. The van der Waals surface area contributed by atoms with Crippen molar-refractivity contribution in [2.45, 2.75) is 89.7 Å². The average Bonchev–Trinajstić information content (AvgIpc) is 2.89. The highest BCUT2D eigenvalue weighted by molar-refractivity contribution is 7.89. The molecule has 1 aromatic heterocycles. The molecule has 0 bridgehead atoms. The Labute approximate surface area is 162 Å². The van der Waals surface area contributed by atoms with Gasteiger partial charge in [-0.3, -0.25) is 9.48 Å². The van der Waals surface area contributed by atoms with Crippen molar-refractivity contribution < 1.29 is 13.2 Å². The molecule has 0 N–H and O–H groups in total. The maximum absolute atomic E-state index is 13.1. The highest BCUT2D eigenvalue weighted by Crippen LogP contribution is 2.27. The van der Waals surface area contributed by atoms with E-state index in [1.165, 1.54) is 0 Å². The zero-order valence-corrected chi connectivity index (χ0v) is 17.8. The van der Waals surface area contributed by atoms with Gasteiger partial charge in [-0.2, -0.15) is 9.40 Å². The first-order chi connectivity index (χ1) is 12.7. The quantitative estimate of drug-likeness (QED) is 0.783. The third-order valence-corrected chi connectivity index (χ3v) is 8.15. The second-order valence-corrected chi connectivity index (χ2v) is 9.93. The van der Waals surface area contributed by atoms with Gasteiger partial charge in [-0.25, -0.2) is 8.42 Å². The number of hydrogen-bond donors (Lipinski definition) is 0. The zero-order chi connectivity index (χ0) is 19.8. The standard InChI is InChI=1S/C19H32N4O3S/c1-14-9-8-10-15(2)23(14)18(24)13-22-17(4)19(16(3)20-22)27(25,26)21-11-6-5-7-12-21/h14-15H,5-13H2,1-4H3/t14-,15-/m1/s1. The number of piperidine rings is 2. The van der Waals surface area contributed by atoms with Gasteiger partial charge >= 0.3 is 0 Å². The molecule has 2 fully saturated rings. The van der Waals surface area contributed by atoms with Gasteiger partial charge in [0.05, 0.1) is 11.4 Å². The predicted octanol–water partition coefficient (Wildman–Crippen LogP) is 2.46. The van der Waals surface area contributed by atoms with Gasteiger partial charge in [-0.05, 0) is 59.8 Å². The lowest BCUT2D eigenvalue weighted by molar-refractivity contribution is -0.138. The van der Waals surface area contributed by atoms with Crippen LogP contribution in [-0.4, -0.2) is 58.5 Å². The molecule has 0 spiro atoms. The summed E-state index contributed by atoms with van der Waals surface area (Å²) in [7, 11) is -3.56. The third kappa shape index (κ3) is 3.92. The molecular formula is C19H32N4O3S. The van der Waals surface area contributed by atoms with Gasteiger partial charge in [0.1, 0.15) is 11.4 Å². The molecule has 0 radical (unpaired) electrons. The number of carbonyl (C=O) groups excluding carboxylic acids is 1. The molecule has 1 aromatic rings. The number of hydrogen-bond acceptors (Lipinski definition) is 4. The summed E-state index contributed by atoms with van der Waals surface area (Å²) in [5.74, 6) is 0.0159. The molecule has 2 atom stereocenters. The van der Waals surface area contributed by atoms with E-state index in [1.807, 2.05) is 4.90 Å². The topological polar surface area (TPSA) is 75.5 Å². The van der Waals surface area contributed by atoms with Crippen LogP contribution >= 0.6 is 0 Å². The molecule has 0 saturated carbocycles. The van der Waals surface area contributed by atoms with Crippen molar-refractivity contribution in [2.75, 3.05) is 13.1 Å². The van der Waals surface area contributed by atoms with E-state index < -0.39 is 10.0 Å². The van der Waals surface area contributed by atoms with Gasteiger partial charge < -0.3 is 4.90 Å². The van der Waals surface area contributed by atoms with Gasteiger partial charge in [0.15, 0.2) is 0 Å². The Morgan fingerprint density at radius 2 is 1.63 bits per heavy atom. The summed E-state index contributed by atoms with van der Waals surface area (Å²) in [6.07, 6.45) is 6.04. The normalized spacial score (nSPS) is 25.0. The number of aryl methyl sites for hydroxylation is 1. The molecule has 3 rings (SSSR count). The van der Waals surface area contributed by atoms with Crippen LogP contribution in [0.25, 0.3) is 0 Å². The predicted molar refractivity (Wildman–Crippen MR) is 104 cm³/mol. The van der Waals surface area contributed by atoms with E-state index in [4.69, 9.17) is 0 Å².